The number of methoxy groups -OCH3 is 1. The maximum atomic E-state index is 12.9. The van der Waals surface area contributed by atoms with Crippen LogP contribution in [0.2, 0.25) is 0 Å². The van der Waals surface area contributed by atoms with E-state index in [4.69, 9.17) is 0 Å². The predicted molar refractivity (Wildman–Crippen MR) is 87.7 cm³/mol. The zero-order valence-corrected chi connectivity index (χ0v) is 13.5. The van der Waals surface area contributed by atoms with E-state index < -0.39 is 16.0 Å². The third-order valence-corrected chi connectivity index (χ3v) is 5.37. The second-order valence-corrected chi connectivity index (χ2v) is 6.82. The van der Waals surface area contributed by atoms with Crippen LogP contribution in [0, 0.1) is 0 Å². The van der Waals surface area contributed by atoms with Gasteiger partial charge in [0, 0.05) is 5.39 Å². The van der Waals surface area contributed by atoms with Gasteiger partial charge >= 0.3 is 5.97 Å². The molecule has 3 rings (SSSR count). The minimum atomic E-state index is -3.98. The van der Waals surface area contributed by atoms with Crippen LogP contribution in [0.4, 0.5) is 0 Å². The summed E-state index contributed by atoms with van der Waals surface area (Å²) in [5.41, 5.74) is 0.421. The number of hydrogen-bond acceptors (Lipinski definition) is 5. The average molecular weight is 343 g/mol. The number of hydrogen-bond donors (Lipinski definition) is 0. The monoisotopic (exact) mass is 343 g/mol. The van der Waals surface area contributed by atoms with Gasteiger partial charge in [0.15, 0.2) is 6.29 Å². The Morgan fingerprint density at radius 2 is 1.79 bits per heavy atom. The van der Waals surface area contributed by atoms with Crippen LogP contribution in [0.25, 0.3) is 10.9 Å². The van der Waals surface area contributed by atoms with Gasteiger partial charge in [0.25, 0.3) is 10.0 Å². The van der Waals surface area contributed by atoms with E-state index >= 15 is 0 Å². The molecule has 1 heterocycles. The number of esters is 1. The summed E-state index contributed by atoms with van der Waals surface area (Å²) >= 11 is 0. The van der Waals surface area contributed by atoms with Crippen LogP contribution in [0.1, 0.15) is 20.8 Å². The zero-order chi connectivity index (χ0) is 17.3. The Balaban J connectivity index is 2.33. The number of rotatable bonds is 4. The SMILES string of the molecule is COC(=O)c1ccc2cc(C=O)n(S(=O)(=O)c3ccccc3)c2c1. The quantitative estimate of drug-likeness (QED) is 0.537. The third kappa shape index (κ3) is 2.48. The van der Waals surface area contributed by atoms with Crippen molar-refractivity contribution in [3.63, 3.8) is 0 Å². The van der Waals surface area contributed by atoms with Crippen molar-refractivity contribution in [2.24, 2.45) is 0 Å². The first-order valence-corrected chi connectivity index (χ1v) is 8.42. The molecular formula is C17H13NO5S. The topological polar surface area (TPSA) is 82.4 Å². The third-order valence-electron chi connectivity index (χ3n) is 3.61. The van der Waals surface area contributed by atoms with E-state index in [9.17, 15) is 18.0 Å². The molecule has 122 valence electrons. The fourth-order valence-corrected chi connectivity index (χ4v) is 3.99. The number of aldehydes is 1. The number of carbonyl (C=O) groups is 2. The van der Waals surface area contributed by atoms with E-state index in [-0.39, 0.29) is 21.7 Å². The number of nitrogens with zero attached hydrogens (tertiary/aromatic N) is 1. The van der Waals surface area contributed by atoms with Crippen LogP contribution in [0.5, 0.6) is 0 Å². The molecular weight excluding hydrogens is 330 g/mol. The van der Waals surface area contributed by atoms with Crippen molar-refractivity contribution in [1.29, 1.82) is 0 Å². The molecule has 6 nitrogen and oxygen atoms in total. The van der Waals surface area contributed by atoms with Crippen molar-refractivity contribution in [3.05, 3.63) is 65.9 Å². The van der Waals surface area contributed by atoms with Crippen LogP contribution in [-0.4, -0.2) is 31.8 Å². The number of aromatic nitrogens is 1. The molecule has 0 fully saturated rings. The van der Waals surface area contributed by atoms with Crippen LogP contribution >= 0.6 is 0 Å². The Kier molecular flexibility index (Phi) is 3.94. The molecule has 0 N–H and O–H groups in total. The van der Waals surface area contributed by atoms with E-state index in [2.05, 4.69) is 4.74 Å². The molecule has 0 spiro atoms. The van der Waals surface area contributed by atoms with Gasteiger partial charge in [-0.25, -0.2) is 17.2 Å². The molecule has 24 heavy (non-hydrogen) atoms. The summed E-state index contributed by atoms with van der Waals surface area (Å²) in [6.45, 7) is 0. The molecule has 0 aliphatic rings. The van der Waals surface area contributed by atoms with Crippen LogP contribution < -0.4 is 0 Å². The van der Waals surface area contributed by atoms with Crippen molar-refractivity contribution in [2.45, 2.75) is 4.90 Å². The highest BCUT2D eigenvalue weighted by Gasteiger charge is 2.23. The standard InChI is InChI=1S/C17H13NO5S/c1-23-17(20)13-8-7-12-9-14(11-19)18(16(12)10-13)24(21,22)15-5-3-2-4-6-15/h2-11H,1H3. The van der Waals surface area contributed by atoms with Gasteiger partial charge in [0.05, 0.1) is 28.8 Å². The van der Waals surface area contributed by atoms with Gasteiger partial charge in [-0.1, -0.05) is 24.3 Å². The number of benzene rings is 2. The smallest absolute Gasteiger partial charge is 0.337 e. The molecule has 0 saturated heterocycles. The van der Waals surface area contributed by atoms with Gasteiger partial charge in [-0.2, -0.15) is 0 Å². The lowest BCUT2D eigenvalue weighted by atomic mass is 10.1. The maximum Gasteiger partial charge on any atom is 0.337 e. The molecule has 7 heteroatoms. The summed E-state index contributed by atoms with van der Waals surface area (Å²) in [5.74, 6) is -0.589. The molecule has 0 aliphatic heterocycles. The summed E-state index contributed by atoms with van der Waals surface area (Å²) in [6.07, 6.45) is 0.471. The second kappa shape index (κ2) is 5.93. The lowest BCUT2D eigenvalue weighted by Gasteiger charge is -2.10. The van der Waals surface area contributed by atoms with Crippen molar-refractivity contribution in [1.82, 2.24) is 3.97 Å². The van der Waals surface area contributed by atoms with Gasteiger partial charge in [-0.15, -0.1) is 0 Å². The Morgan fingerprint density at radius 1 is 1.08 bits per heavy atom. The summed E-state index contributed by atoms with van der Waals surface area (Å²) in [6, 6.07) is 13.7. The average Bonchev–Trinajstić information content (AvgIpc) is 3.00. The first kappa shape index (κ1) is 15.9. The van der Waals surface area contributed by atoms with Crippen LogP contribution in [0.15, 0.2) is 59.5 Å². The molecule has 0 unspecified atom stereocenters. The van der Waals surface area contributed by atoms with E-state index in [1.165, 1.54) is 37.4 Å². The minimum Gasteiger partial charge on any atom is -0.465 e. The molecule has 0 saturated carbocycles. The molecule has 0 radical (unpaired) electrons. The Labute approximate surface area is 138 Å². The Bertz CT molecular complexity index is 1040. The minimum absolute atomic E-state index is 0.0177. The van der Waals surface area contributed by atoms with Crippen molar-refractivity contribution < 1.29 is 22.7 Å². The first-order valence-electron chi connectivity index (χ1n) is 6.98. The molecule has 0 bridgehead atoms. The largest absolute Gasteiger partial charge is 0.465 e. The van der Waals surface area contributed by atoms with Crippen LogP contribution in [-0.2, 0) is 14.8 Å². The van der Waals surface area contributed by atoms with Crippen molar-refractivity contribution in [3.8, 4) is 0 Å². The second-order valence-electron chi connectivity index (χ2n) is 5.03. The van der Waals surface area contributed by atoms with E-state index in [0.29, 0.717) is 11.7 Å². The summed E-state index contributed by atoms with van der Waals surface area (Å²) in [4.78, 5) is 23.1. The number of ether oxygens (including phenoxy) is 1. The molecule has 0 amide bonds. The van der Waals surface area contributed by atoms with Gasteiger partial charge in [-0.05, 0) is 30.3 Å². The van der Waals surface area contributed by atoms with E-state index in [1.807, 2.05) is 0 Å². The molecule has 0 aliphatic carbocycles. The molecule has 1 aromatic heterocycles. The summed E-state index contributed by atoms with van der Waals surface area (Å²) in [5, 5.41) is 0.532. The normalized spacial score (nSPS) is 11.4. The highest BCUT2D eigenvalue weighted by molar-refractivity contribution is 7.90. The molecule has 3 aromatic rings. The van der Waals surface area contributed by atoms with Gasteiger partial charge in [-0.3, -0.25) is 4.79 Å². The zero-order valence-electron chi connectivity index (χ0n) is 12.7. The summed E-state index contributed by atoms with van der Waals surface area (Å²) < 4.78 is 31.5. The fourth-order valence-electron chi connectivity index (χ4n) is 2.49. The Hall–Kier alpha value is -2.93. The first-order chi connectivity index (χ1) is 11.5. The number of fused-ring (bicyclic) bond motifs is 1. The maximum absolute atomic E-state index is 12.9. The van der Waals surface area contributed by atoms with Gasteiger partial charge < -0.3 is 4.74 Å². The lowest BCUT2D eigenvalue weighted by molar-refractivity contribution is 0.0601. The van der Waals surface area contributed by atoms with Crippen molar-refractivity contribution in [2.75, 3.05) is 7.11 Å². The van der Waals surface area contributed by atoms with E-state index in [0.717, 1.165) is 3.97 Å². The number of carbonyl (C=O) groups excluding carboxylic acids is 2. The highest BCUT2D eigenvalue weighted by atomic mass is 32.2. The van der Waals surface area contributed by atoms with Crippen LogP contribution in [0.3, 0.4) is 0 Å². The molecule has 0 atom stereocenters. The van der Waals surface area contributed by atoms with Gasteiger partial charge in [0.2, 0.25) is 0 Å². The van der Waals surface area contributed by atoms with Gasteiger partial charge in [0.1, 0.15) is 0 Å². The lowest BCUT2D eigenvalue weighted by Crippen LogP contribution is -2.15. The molecule has 2 aromatic carbocycles. The van der Waals surface area contributed by atoms with Crippen molar-refractivity contribution >= 4 is 33.2 Å². The Morgan fingerprint density at radius 3 is 2.42 bits per heavy atom. The fraction of sp³-hybridized carbons (Fsp3) is 0.0588. The predicted octanol–water partition coefficient (Wildman–Crippen LogP) is 2.48. The van der Waals surface area contributed by atoms with E-state index in [1.54, 1.807) is 24.3 Å². The highest BCUT2D eigenvalue weighted by Crippen LogP contribution is 2.26. The summed E-state index contributed by atoms with van der Waals surface area (Å²) in [7, 11) is -2.74.